The SMILES string of the molecule is CCN1C(=O)SC(=Cc2ccc(OC(C)C(=O)O)c(OC)c2)C1=O. The zero-order chi connectivity index (χ0) is 17.9. The monoisotopic (exact) mass is 351 g/mol. The molecule has 1 unspecified atom stereocenters. The Bertz CT molecular complexity index is 715. The first-order chi connectivity index (χ1) is 11.4. The number of likely N-dealkylation sites (N-methyl/N-ethyl adjacent to an activating group) is 1. The molecule has 2 amide bonds. The van der Waals surface area contributed by atoms with Gasteiger partial charge in [-0.1, -0.05) is 6.07 Å². The highest BCUT2D eigenvalue weighted by molar-refractivity contribution is 8.18. The van der Waals surface area contributed by atoms with Crippen LogP contribution in [0.5, 0.6) is 11.5 Å². The van der Waals surface area contributed by atoms with Crippen molar-refractivity contribution in [3.05, 3.63) is 28.7 Å². The number of carbonyl (C=O) groups is 3. The molecule has 0 saturated carbocycles. The topological polar surface area (TPSA) is 93.1 Å². The normalized spacial score (nSPS) is 17.3. The van der Waals surface area contributed by atoms with Crippen LogP contribution >= 0.6 is 11.8 Å². The Kier molecular flexibility index (Phi) is 5.50. The molecule has 7 nitrogen and oxygen atoms in total. The van der Waals surface area contributed by atoms with Crippen LogP contribution in [0, 0.1) is 0 Å². The summed E-state index contributed by atoms with van der Waals surface area (Å²) in [5.74, 6) is -0.793. The summed E-state index contributed by atoms with van der Waals surface area (Å²) in [4.78, 5) is 36.2. The molecule has 1 heterocycles. The van der Waals surface area contributed by atoms with Crippen molar-refractivity contribution < 1.29 is 29.0 Å². The number of methoxy groups -OCH3 is 1. The van der Waals surface area contributed by atoms with Crippen molar-refractivity contribution in [2.75, 3.05) is 13.7 Å². The summed E-state index contributed by atoms with van der Waals surface area (Å²) in [6.45, 7) is 3.47. The van der Waals surface area contributed by atoms with Gasteiger partial charge in [0.05, 0.1) is 12.0 Å². The van der Waals surface area contributed by atoms with Crippen molar-refractivity contribution in [2.24, 2.45) is 0 Å². The lowest BCUT2D eigenvalue weighted by atomic mass is 10.2. The van der Waals surface area contributed by atoms with Crippen molar-refractivity contribution in [3.8, 4) is 11.5 Å². The van der Waals surface area contributed by atoms with Gasteiger partial charge in [0, 0.05) is 6.54 Å². The lowest BCUT2D eigenvalue weighted by Crippen LogP contribution is -2.27. The lowest BCUT2D eigenvalue weighted by Gasteiger charge is -2.14. The van der Waals surface area contributed by atoms with Crippen molar-refractivity contribution in [3.63, 3.8) is 0 Å². The van der Waals surface area contributed by atoms with E-state index in [0.29, 0.717) is 22.8 Å². The van der Waals surface area contributed by atoms with Gasteiger partial charge in [-0.2, -0.15) is 0 Å². The van der Waals surface area contributed by atoms with Crippen molar-refractivity contribution in [1.29, 1.82) is 0 Å². The van der Waals surface area contributed by atoms with Gasteiger partial charge in [0.25, 0.3) is 11.1 Å². The van der Waals surface area contributed by atoms with Gasteiger partial charge in [-0.15, -0.1) is 0 Å². The van der Waals surface area contributed by atoms with Crippen LogP contribution in [0.2, 0.25) is 0 Å². The van der Waals surface area contributed by atoms with E-state index in [4.69, 9.17) is 14.6 Å². The predicted molar refractivity (Wildman–Crippen MR) is 89.1 cm³/mol. The molecular formula is C16H17NO6S. The maximum Gasteiger partial charge on any atom is 0.344 e. The summed E-state index contributed by atoms with van der Waals surface area (Å²) in [6, 6.07) is 4.84. The summed E-state index contributed by atoms with van der Waals surface area (Å²) in [5.41, 5.74) is 0.642. The van der Waals surface area contributed by atoms with Crippen LogP contribution in [-0.4, -0.2) is 46.9 Å². The molecule has 0 bridgehead atoms. The summed E-state index contributed by atoms with van der Waals surface area (Å²) in [7, 11) is 1.43. The third-order valence-corrected chi connectivity index (χ3v) is 4.23. The van der Waals surface area contributed by atoms with Crippen LogP contribution in [0.3, 0.4) is 0 Å². The second kappa shape index (κ2) is 7.39. The van der Waals surface area contributed by atoms with E-state index < -0.39 is 12.1 Å². The minimum Gasteiger partial charge on any atom is -0.493 e. The molecule has 1 saturated heterocycles. The quantitative estimate of drug-likeness (QED) is 0.787. The fourth-order valence-corrected chi connectivity index (χ4v) is 2.94. The number of hydrogen-bond donors (Lipinski definition) is 1. The average molecular weight is 351 g/mol. The fourth-order valence-electron chi connectivity index (χ4n) is 2.04. The first-order valence-corrected chi connectivity index (χ1v) is 8.01. The van der Waals surface area contributed by atoms with Crippen molar-refractivity contribution in [2.45, 2.75) is 20.0 Å². The fraction of sp³-hybridized carbons (Fsp3) is 0.312. The number of amides is 2. The molecule has 128 valence electrons. The van der Waals surface area contributed by atoms with Crippen LogP contribution in [0.4, 0.5) is 4.79 Å². The van der Waals surface area contributed by atoms with E-state index in [1.165, 1.54) is 18.9 Å². The molecule has 8 heteroatoms. The summed E-state index contributed by atoms with van der Waals surface area (Å²) in [6.07, 6.45) is 0.568. The molecular weight excluding hydrogens is 334 g/mol. The third kappa shape index (κ3) is 3.70. The van der Waals surface area contributed by atoms with Gasteiger partial charge < -0.3 is 14.6 Å². The Balaban J connectivity index is 2.27. The van der Waals surface area contributed by atoms with Gasteiger partial charge in [-0.25, -0.2) is 4.79 Å². The molecule has 0 aromatic heterocycles. The zero-order valence-corrected chi connectivity index (χ0v) is 14.3. The number of ether oxygens (including phenoxy) is 2. The number of carbonyl (C=O) groups excluding carboxylic acids is 2. The van der Waals surface area contributed by atoms with E-state index >= 15 is 0 Å². The minimum atomic E-state index is -1.09. The van der Waals surface area contributed by atoms with E-state index in [1.54, 1.807) is 31.2 Å². The lowest BCUT2D eigenvalue weighted by molar-refractivity contribution is -0.144. The molecule has 2 rings (SSSR count). The first kappa shape index (κ1) is 17.9. The van der Waals surface area contributed by atoms with Crippen LogP contribution in [0.1, 0.15) is 19.4 Å². The Morgan fingerprint density at radius 3 is 2.62 bits per heavy atom. The van der Waals surface area contributed by atoms with E-state index in [9.17, 15) is 14.4 Å². The highest BCUT2D eigenvalue weighted by Crippen LogP contribution is 2.34. The Morgan fingerprint density at radius 1 is 1.38 bits per heavy atom. The Labute approximate surface area is 143 Å². The molecule has 1 aliphatic heterocycles. The van der Waals surface area contributed by atoms with Gasteiger partial charge in [0.15, 0.2) is 17.6 Å². The molecule has 1 aliphatic rings. The summed E-state index contributed by atoms with van der Waals surface area (Å²) >= 11 is 0.882. The van der Waals surface area contributed by atoms with Crippen molar-refractivity contribution in [1.82, 2.24) is 4.90 Å². The third-order valence-electron chi connectivity index (χ3n) is 3.33. The van der Waals surface area contributed by atoms with Gasteiger partial charge in [-0.3, -0.25) is 14.5 Å². The number of nitrogens with zero attached hydrogens (tertiary/aromatic N) is 1. The van der Waals surface area contributed by atoms with E-state index in [1.807, 2.05) is 0 Å². The number of aliphatic carboxylic acids is 1. The number of carboxylic acids is 1. The van der Waals surface area contributed by atoms with Gasteiger partial charge in [-0.05, 0) is 49.4 Å². The number of thioether (sulfide) groups is 1. The van der Waals surface area contributed by atoms with Crippen LogP contribution < -0.4 is 9.47 Å². The average Bonchev–Trinajstić information content (AvgIpc) is 2.81. The van der Waals surface area contributed by atoms with Gasteiger partial charge in [0.2, 0.25) is 0 Å². The van der Waals surface area contributed by atoms with Crippen LogP contribution in [-0.2, 0) is 9.59 Å². The molecule has 1 fully saturated rings. The predicted octanol–water partition coefficient (Wildman–Crippen LogP) is 2.60. The second-order valence-electron chi connectivity index (χ2n) is 4.93. The number of carboxylic acid groups (broad SMARTS) is 1. The Hall–Kier alpha value is -2.48. The Morgan fingerprint density at radius 2 is 2.08 bits per heavy atom. The number of imide groups is 1. The molecule has 1 aromatic rings. The standard InChI is InChI=1S/C16H17NO6S/c1-4-17-14(18)13(24-16(17)21)8-10-5-6-11(12(7-10)22-3)23-9(2)15(19)20/h5-9H,4H2,1-3H3,(H,19,20). The van der Waals surface area contributed by atoms with E-state index in [-0.39, 0.29) is 16.9 Å². The highest BCUT2D eigenvalue weighted by Gasteiger charge is 2.33. The molecule has 1 aromatic carbocycles. The largest absolute Gasteiger partial charge is 0.493 e. The molecule has 1 N–H and O–H groups in total. The van der Waals surface area contributed by atoms with Gasteiger partial charge >= 0.3 is 5.97 Å². The smallest absolute Gasteiger partial charge is 0.344 e. The number of hydrogen-bond acceptors (Lipinski definition) is 6. The highest BCUT2D eigenvalue weighted by atomic mass is 32.2. The first-order valence-electron chi connectivity index (χ1n) is 7.20. The molecule has 0 aliphatic carbocycles. The molecule has 0 radical (unpaired) electrons. The minimum absolute atomic E-state index is 0.284. The number of rotatable bonds is 6. The summed E-state index contributed by atoms with van der Waals surface area (Å²) < 4.78 is 10.5. The van der Waals surface area contributed by atoms with E-state index in [2.05, 4.69) is 0 Å². The molecule has 0 spiro atoms. The molecule has 24 heavy (non-hydrogen) atoms. The number of benzene rings is 1. The molecule has 1 atom stereocenters. The van der Waals surface area contributed by atoms with E-state index in [0.717, 1.165) is 11.8 Å². The maximum absolute atomic E-state index is 12.1. The summed E-state index contributed by atoms with van der Waals surface area (Å²) in [5, 5.41) is 8.61. The maximum atomic E-state index is 12.1. The second-order valence-corrected chi connectivity index (χ2v) is 5.93. The van der Waals surface area contributed by atoms with Gasteiger partial charge in [0.1, 0.15) is 0 Å². The van der Waals surface area contributed by atoms with Crippen LogP contribution in [0.25, 0.3) is 6.08 Å². The van der Waals surface area contributed by atoms with Crippen LogP contribution in [0.15, 0.2) is 23.1 Å². The van der Waals surface area contributed by atoms with Crippen molar-refractivity contribution >= 4 is 35.0 Å². The zero-order valence-electron chi connectivity index (χ0n) is 13.4.